The van der Waals surface area contributed by atoms with E-state index in [4.69, 9.17) is 16.3 Å². The molecule has 4 aromatic rings. The molecule has 1 aromatic heterocycles. The Morgan fingerprint density at radius 3 is 2.39 bits per heavy atom. The molecule has 3 aromatic carbocycles. The van der Waals surface area contributed by atoms with E-state index in [0.29, 0.717) is 17.0 Å². The number of aromatic nitrogens is 2. The topological polar surface area (TPSA) is 47.4 Å². The van der Waals surface area contributed by atoms with Crippen molar-refractivity contribution in [2.24, 2.45) is 0 Å². The minimum atomic E-state index is -4.61. The van der Waals surface area contributed by atoms with Crippen LogP contribution in [0, 0.1) is 0 Å². The Balaban J connectivity index is 1.32. The second-order valence-corrected chi connectivity index (χ2v) is 10.3. The van der Waals surface area contributed by atoms with E-state index >= 15 is 0 Å². The Kier molecular flexibility index (Phi) is 7.67. The summed E-state index contributed by atoms with van der Waals surface area (Å²) in [6, 6.07) is 22.2. The van der Waals surface area contributed by atoms with Gasteiger partial charge in [-0.15, -0.1) is 0 Å². The van der Waals surface area contributed by atoms with Crippen molar-refractivity contribution in [3.05, 3.63) is 101 Å². The van der Waals surface area contributed by atoms with Gasteiger partial charge in [0.25, 0.3) is 5.91 Å². The molecule has 5 rings (SSSR count). The highest BCUT2D eigenvalue weighted by Gasteiger charge is 2.35. The molecule has 0 aliphatic carbocycles. The maximum Gasteiger partial charge on any atom is 0.435 e. The Morgan fingerprint density at radius 2 is 1.68 bits per heavy atom. The van der Waals surface area contributed by atoms with Gasteiger partial charge in [0.2, 0.25) is 0 Å². The second-order valence-electron chi connectivity index (χ2n) is 8.68. The molecule has 196 valence electrons. The standard InChI is InChI=1S/C28H23ClF3N3O2S/c29-24-6-1-2-7-25(24)35-22(17-26(33-35)28(30,31)32)18-37-23-10-8-19(9-11-23)20-4-3-5-21(16-20)27(36)34-12-14-38-15-13-34/h1-11,16-17H,12-15,18H2. The Labute approximate surface area is 227 Å². The first-order chi connectivity index (χ1) is 18.3. The van der Waals surface area contributed by atoms with Crippen LogP contribution in [0.15, 0.2) is 78.9 Å². The molecule has 0 bridgehead atoms. The molecule has 2 heterocycles. The number of thioether (sulfide) groups is 1. The Bertz CT molecular complexity index is 1430. The van der Waals surface area contributed by atoms with E-state index < -0.39 is 11.9 Å². The highest BCUT2D eigenvalue weighted by molar-refractivity contribution is 7.99. The van der Waals surface area contributed by atoms with Crippen LogP contribution in [0.4, 0.5) is 13.2 Å². The molecule has 1 fully saturated rings. The second kappa shape index (κ2) is 11.1. The lowest BCUT2D eigenvalue weighted by Gasteiger charge is -2.26. The fraction of sp³-hybridized carbons (Fsp3) is 0.214. The zero-order valence-corrected chi connectivity index (χ0v) is 21.7. The number of halogens is 4. The zero-order chi connectivity index (χ0) is 26.7. The van der Waals surface area contributed by atoms with Crippen molar-refractivity contribution in [1.29, 1.82) is 0 Å². The van der Waals surface area contributed by atoms with Crippen LogP contribution in [0.25, 0.3) is 16.8 Å². The van der Waals surface area contributed by atoms with E-state index in [-0.39, 0.29) is 23.2 Å². The maximum absolute atomic E-state index is 13.4. The van der Waals surface area contributed by atoms with Crippen LogP contribution in [0.1, 0.15) is 21.7 Å². The number of hydrogen-bond acceptors (Lipinski definition) is 4. The van der Waals surface area contributed by atoms with Crippen LogP contribution in [0.3, 0.4) is 0 Å². The van der Waals surface area contributed by atoms with Gasteiger partial charge in [-0.05, 0) is 53.6 Å². The fourth-order valence-electron chi connectivity index (χ4n) is 4.17. The summed E-state index contributed by atoms with van der Waals surface area (Å²) in [5.41, 5.74) is 1.93. The Hall–Kier alpha value is -3.43. The molecule has 5 nitrogen and oxygen atoms in total. The number of hydrogen-bond donors (Lipinski definition) is 0. The van der Waals surface area contributed by atoms with Crippen LogP contribution >= 0.6 is 23.4 Å². The van der Waals surface area contributed by atoms with Gasteiger partial charge in [-0.2, -0.15) is 30.0 Å². The molecular formula is C28H23ClF3N3O2S. The highest BCUT2D eigenvalue weighted by Crippen LogP contribution is 2.32. The average molecular weight is 558 g/mol. The number of amides is 1. The average Bonchev–Trinajstić information content (AvgIpc) is 3.37. The molecule has 1 aliphatic heterocycles. The van der Waals surface area contributed by atoms with Crippen molar-refractivity contribution in [1.82, 2.24) is 14.7 Å². The van der Waals surface area contributed by atoms with Crippen LogP contribution in [-0.2, 0) is 12.8 Å². The molecular weight excluding hydrogens is 535 g/mol. The number of benzene rings is 3. The molecule has 0 radical (unpaired) electrons. The van der Waals surface area contributed by atoms with Gasteiger partial charge in [0.05, 0.1) is 16.4 Å². The van der Waals surface area contributed by atoms with Crippen molar-refractivity contribution in [2.75, 3.05) is 24.6 Å². The van der Waals surface area contributed by atoms with Gasteiger partial charge >= 0.3 is 6.18 Å². The van der Waals surface area contributed by atoms with Gasteiger partial charge in [-0.3, -0.25) is 4.79 Å². The molecule has 1 aliphatic rings. The van der Waals surface area contributed by atoms with E-state index in [1.807, 2.05) is 53.1 Å². The lowest BCUT2D eigenvalue weighted by molar-refractivity contribution is -0.141. The number of rotatable bonds is 6. The smallest absolute Gasteiger partial charge is 0.435 e. The fourth-order valence-corrected chi connectivity index (χ4v) is 5.29. The zero-order valence-electron chi connectivity index (χ0n) is 20.1. The van der Waals surface area contributed by atoms with Crippen LogP contribution in [-0.4, -0.2) is 45.2 Å². The van der Waals surface area contributed by atoms with Gasteiger partial charge in [0, 0.05) is 30.2 Å². The molecule has 10 heteroatoms. The summed E-state index contributed by atoms with van der Waals surface area (Å²) in [7, 11) is 0. The number of ether oxygens (including phenoxy) is 1. The third-order valence-electron chi connectivity index (χ3n) is 6.14. The monoisotopic (exact) mass is 557 g/mol. The van der Waals surface area contributed by atoms with Gasteiger partial charge in [-0.25, -0.2) is 4.68 Å². The minimum Gasteiger partial charge on any atom is -0.487 e. The number of carbonyl (C=O) groups is 1. The molecule has 38 heavy (non-hydrogen) atoms. The lowest BCUT2D eigenvalue weighted by Crippen LogP contribution is -2.37. The van der Waals surface area contributed by atoms with Gasteiger partial charge in [0.1, 0.15) is 12.4 Å². The van der Waals surface area contributed by atoms with Gasteiger partial charge in [-0.1, -0.05) is 48.0 Å². The van der Waals surface area contributed by atoms with Gasteiger partial charge < -0.3 is 9.64 Å². The predicted molar refractivity (Wildman–Crippen MR) is 143 cm³/mol. The minimum absolute atomic E-state index is 0.0282. The highest BCUT2D eigenvalue weighted by atomic mass is 35.5. The van der Waals surface area contributed by atoms with E-state index in [2.05, 4.69) is 5.10 Å². The van der Waals surface area contributed by atoms with Gasteiger partial charge in [0.15, 0.2) is 5.69 Å². The van der Waals surface area contributed by atoms with Crippen LogP contribution < -0.4 is 4.74 Å². The molecule has 0 N–H and O–H groups in total. The van der Waals surface area contributed by atoms with Crippen molar-refractivity contribution < 1.29 is 22.7 Å². The van der Waals surface area contributed by atoms with Crippen molar-refractivity contribution in [2.45, 2.75) is 12.8 Å². The van der Waals surface area contributed by atoms with E-state index in [9.17, 15) is 18.0 Å². The number of para-hydroxylation sites is 1. The quantitative estimate of drug-likeness (QED) is 0.257. The SMILES string of the molecule is O=C(c1cccc(-c2ccc(OCc3cc(C(F)(F)F)nn3-c3ccccc3Cl)cc2)c1)N1CCSCC1. The summed E-state index contributed by atoms with van der Waals surface area (Å²) in [4.78, 5) is 14.8. The summed E-state index contributed by atoms with van der Waals surface area (Å²) < 4.78 is 47.1. The van der Waals surface area contributed by atoms with E-state index in [0.717, 1.165) is 46.5 Å². The first-order valence-corrected chi connectivity index (χ1v) is 13.4. The molecule has 0 atom stereocenters. The molecule has 0 unspecified atom stereocenters. The third kappa shape index (κ3) is 5.84. The molecule has 0 spiro atoms. The van der Waals surface area contributed by atoms with Crippen molar-refractivity contribution in [3.63, 3.8) is 0 Å². The molecule has 0 saturated carbocycles. The number of alkyl halides is 3. The van der Waals surface area contributed by atoms with Crippen LogP contribution in [0.5, 0.6) is 5.75 Å². The normalized spacial score (nSPS) is 13.9. The number of carbonyl (C=O) groups excluding carboxylic acids is 1. The third-order valence-corrected chi connectivity index (χ3v) is 7.40. The maximum atomic E-state index is 13.4. The first kappa shape index (κ1) is 26.2. The van der Waals surface area contributed by atoms with Crippen molar-refractivity contribution >= 4 is 29.3 Å². The summed E-state index contributed by atoms with van der Waals surface area (Å²) in [6.07, 6.45) is -4.61. The summed E-state index contributed by atoms with van der Waals surface area (Å²) >= 11 is 8.07. The predicted octanol–water partition coefficient (Wildman–Crippen LogP) is 6.98. The number of nitrogens with zero attached hydrogens (tertiary/aromatic N) is 3. The molecule has 1 saturated heterocycles. The summed E-state index contributed by atoms with van der Waals surface area (Å²) in [6.45, 7) is 1.35. The largest absolute Gasteiger partial charge is 0.487 e. The first-order valence-electron chi connectivity index (χ1n) is 11.9. The van der Waals surface area contributed by atoms with Crippen LogP contribution in [0.2, 0.25) is 5.02 Å². The van der Waals surface area contributed by atoms with E-state index in [1.165, 1.54) is 0 Å². The van der Waals surface area contributed by atoms with E-state index in [1.54, 1.807) is 36.4 Å². The lowest BCUT2D eigenvalue weighted by atomic mass is 10.0. The van der Waals surface area contributed by atoms with Crippen molar-refractivity contribution in [3.8, 4) is 22.6 Å². The summed E-state index contributed by atoms with van der Waals surface area (Å²) in [5.74, 6) is 2.40. The summed E-state index contributed by atoms with van der Waals surface area (Å²) in [5, 5.41) is 4.00. The molecule has 1 amide bonds. The Morgan fingerprint density at radius 1 is 0.947 bits per heavy atom.